The minimum atomic E-state index is -0.0676. The number of fused-ring (bicyclic) bond motifs is 1. The topological polar surface area (TPSA) is 63.1 Å². The first kappa shape index (κ1) is 15.2. The van der Waals surface area contributed by atoms with E-state index in [1.54, 1.807) is 6.20 Å². The van der Waals surface area contributed by atoms with E-state index in [1.807, 2.05) is 28.8 Å². The lowest BCUT2D eigenvalue weighted by atomic mass is 9.96. The van der Waals surface area contributed by atoms with Crippen LogP contribution in [0.2, 0.25) is 0 Å². The maximum Gasteiger partial charge on any atom is 0.323 e. The van der Waals surface area contributed by atoms with Crippen molar-refractivity contribution >= 4 is 11.8 Å². The molecule has 6 nitrogen and oxygen atoms in total. The van der Waals surface area contributed by atoms with E-state index >= 15 is 0 Å². The Bertz CT molecular complexity index is 754. The number of rotatable bonds is 2. The Kier molecular flexibility index (Phi) is 3.96. The summed E-state index contributed by atoms with van der Waals surface area (Å²) in [5.74, 6) is 0.663. The summed E-state index contributed by atoms with van der Waals surface area (Å²) >= 11 is 0. The number of likely N-dealkylation sites (tertiary alicyclic amines) is 1. The van der Waals surface area contributed by atoms with Crippen LogP contribution in [-0.4, -0.2) is 32.2 Å². The zero-order chi connectivity index (χ0) is 16.5. The number of anilines is 1. The van der Waals surface area contributed by atoms with E-state index in [9.17, 15) is 4.79 Å². The summed E-state index contributed by atoms with van der Waals surface area (Å²) in [6.07, 6.45) is 8.32. The van der Waals surface area contributed by atoms with Gasteiger partial charge in [0.25, 0.3) is 0 Å². The van der Waals surface area contributed by atoms with Crippen molar-refractivity contribution in [1.29, 1.82) is 0 Å². The number of carbonyl (C=O) groups excluding carboxylic acids is 1. The molecule has 1 fully saturated rings. The molecule has 2 amide bonds. The number of amides is 2. The third-order valence-electron chi connectivity index (χ3n) is 5.13. The number of nitrogens with zero attached hydrogens (tertiary/aromatic N) is 4. The fourth-order valence-corrected chi connectivity index (χ4v) is 3.86. The summed E-state index contributed by atoms with van der Waals surface area (Å²) in [5.41, 5.74) is 3.55. The number of aryl methyl sites for hydroxylation is 3. The van der Waals surface area contributed by atoms with E-state index < -0.39 is 0 Å². The van der Waals surface area contributed by atoms with Gasteiger partial charge in [-0.25, -0.2) is 9.78 Å². The highest BCUT2D eigenvalue weighted by Gasteiger charge is 2.32. The molecule has 0 radical (unpaired) electrons. The van der Waals surface area contributed by atoms with Crippen molar-refractivity contribution in [2.24, 2.45) is 7.05 Å². The Balaban J connectivity index is 1.50. The molecule has 1 N–H and O–H groups in total. The first-order valence-corrected chi connectivity index (χ1v) is 8.77. The largest absolute Gasteiger partial charge is 0.323 e. The fraction of sp³-hybridized carbons (Fsp3) is 0.500. The normalized spacial score (nSPS) is 20.0. The highest BCUT2D eigenvalue weighted by molar-refractivity contribution is 5.88. The van der Waals surface area contributed by atoms with Crippen molar-refractivity contribution in [2.75, 3.05) is 11.9 Å². The molecular weight excluding hydrogens is 302 g/mol. The van der Waals surface area contributed by atoms with Gasteiger partial charge in [0, 0.05) is 25.5 Å². The van der Waals surface area contributed by atoms with Gasteiger partial charge in [0.1, 0.15) is 5.82 Å². The van der Waals surface area contributed by atoms with Gasteiger partial charge in [-0.15, -0.1) is 0 Å². The second-order valence-corrected chi connectivity index (χ2v) is 6.67. The number of carbonyl (C=O) groups is 1. The van der Waals surface area contributed by atoms with Crippen LogP contribution in [0.15, 0.2) is 24.4 Å². The third-order valence-corrected chi connectivity index (χ3v) is 5.13. The molecule has 1 unspecified atom stereocenters. The molecule has 0 spiro atoms. The van der Waals surface area contributed by atoms with Gasteiger partial charge in [0.15, 0.2) is 0 Å². The minimum Gasteiger partial charge on any atom is -0.316 e. The smallest absolute Gasteiger partial charge is 0.316 e. The molecular formula is C18H23N5O. The average molecular weight is 325 g/mol. The molecule has 24 heavy (non-hydrogen) atoms. The van der Waals surface area contributed by atoms with Gasteiger partial charge in [-0.2, -0.15) is 5.10 Å². The molecule has 3 heterocycles. The summed E-state index contributed by atoms with van der Waals surface area (Å²) < 4.78 is 1.85. The number of hydrogen-bond donors (Lipinski definition) is 1. The Morgan fingerprint density at radius 3 is 2.92 bits per heavy atom. The van der Waals surface area contributed by atoms with Crippen molar-refractivity contribution in [1.82, 2.24) is 19.7 Å². The number of aromatic nitrogens is 3. The predicted molar refractivity (Wildman–Crippen MR) is 91.8 cm³/mol. The van der Waals surface area contributed by atoms with E-state index in [0.717, 1.165) is 43.6 Å². The predicted octanol–water partition coefficient (Wildman–Crippen LogP) is 3.06. The maximum absolute atomic E-state index is 12.7. The standard InChI is InChI=1S/C18H23N5O/c1-22-15(10-11-19-22)16-7-4-12-23(16)18(24)21-17-9-8-13-5-2-3-6-14(13)20-17/h8-11,16H,2-7,12H2,1H3,(H,20,21,24). The zero-order valence-electron chi connectivity index (χ0n) is 14.0. The van der Waals surface area contributed by atoms with E-state index in [4.69, 9.17) is 0 Å². The quantitative estimate of drug-likeness (QED) is 0.923. The molecule has 0 bridgehead atoms. The molecule has 1 atom stereocenters. The SMILES string of the molecule is Cn1nccc1C1CCCN1C(=O)Nc1ccc2c(n1)CCCC2. The zero-order valence-corrected chi connectivity index (χ0v) is 14.0. The molecule has 1 aliphatic carbocycles. The molecule has 1 saturated heterocycles. The van der Waals surface area contributed by atoms with E-state index in [1.165, 1.54) is 18.4 Å². The van der Waals surface area contributed by atoms with Crippen molar-refractivity contribution in [2.45, 2.75) is 44.6 Å². The second-order valence-electron chi connectivity index (χ2n) is 6.67. The van der Waals surface area contributed by atoms with Crippen molar-refractivity contribution in [3.05, 3.63) is 41.3 Å². The van der Waals surface area contributed by atoms with Gasteiger partial charge < -0.3 is 4.90 Å². The summed E-state index contributed by atoms with van der Waals surface area (Å²) in [4.78, 5) is 19.3. The lowest BCUT2D eigenvalue weighted by Crippen LogP contribution is -2.35. The van der Waals surface area contributed by atoms with Crippen LogP contribution in [0.1, 0.15) is 48.7 Å². The highest BCUT2D eigenvalue weighted by Crippen LogP contribution is 2.32. The first-order chi connectivity index (χ1) is 11.7. The molecule has 0 aromatic carbocycles. The van der Waals surface area contributed by atoms with Gasteiger partial charge in [0.2, 0.25) is 0 Å². The molecule has 6 heteroatoms. The van der Waals surface area contributed by atoms with Crippen LogP contribution in [-0.2, 0) is 19.9 Å². The van der Waals surface area contributed by atoms with E-state index in [2.05, 4.69) is 21.5 Å². The summed E-state index contributed by atoms with van der Waals surface area (Å²) in [7, 11) is 1.93. The van der Waals surface area contributed by atoms with Crippen LogP contribution >= 0.6 is 0 Å². The molecule has 2 aromatic rings. The van der Waals surface area contributed by atoms with Crippen molar-refractivity contribution in [3.8, 4) is 0 Å². The first-order valence-electron chi connectivity index (χ1n) is 8.77. The summed E-state index contributed by atoms with van der Waals surface area (Å²) in [5, 5.41) is 7.22. The van der Waals surface area contributed by atoms with Gasteiger partial charge in [-0.05, 0) is 56.2 Å². The molecule has 2 aromatic heterocycles. The Morgan fingerprint density at radius 1 is 1.21 bits per heavy atom. The van der Waals surface area contributed by atoms with Crippen LogP contribution in [0.25, 0.3) is 0 Å². The lowest BCUT2D eigenvalue weighted by molar-refractivity contribution is 0.205. The van der Waals surface area contributed by atoms with E-state index in [-0.39, 0.29) is 12.1 Å². The molecule has 4 rings (SSSR count). The fourth-order valence-electron chi connectivity index (χ4n) is 3.86. The Morgan fingerprint density at radius 2 is 2.08 bits per heavy atom. The Hall–Kier alpha value is -2.37. The molecule has 0 saturated carbocycles. The van der Waals surface area contributed by atoms with Crippen LogP contribution in [0.4, 0.5) is 10.6 Å². The Labute approximate surface area is 141 Å². The summed E-state index contributed by atoms with van der Waals surface area (Å²) in [6.45, 7) is 0.770. The van der Waals surface area contributed by atoms with Gasteiger partial charge in [-0.3, -0.25) is 10.00 Å². The molecule has 2 aliphatic rings. The monoisotopic (exact) mass is 325 g/mol. The number of hydrogen-bond acceptors (Lipinski definition) is 3. The van der Waals surface area contributed by atoms with E-state index in [0.29, 0.717) is 5.82 Å². The number of pyridine rings is 1. The van der Waals surface area contributed by atoms with Crippen LogP contribution in [0.5, 0.6) is 0 Å². The minimum absolute atomic E-state index is 0.0676. The molecule has 126 valence electrons. The van der Waals surface area contributed by atoms with Crippen LogP contribution in [0.3, 0.4) is 0 Å². The second kappa shape index (κ2) is 6.26. The maximum atomic E-state index is 12.7. The van der Waals surface area contributed by atoms with Gasteiger partial charge in [-0.1, -0.05) is 6.07 Å². The van der Waals surface area contributed by atoms with Crippen molar-refractivity contribution in [3.63, 3.8) is 0 Å². The van der Waals surface area contributed by atoms with Gasteiger partial charge in [0.05, 0.1) is 11.7 Å². The highest BCUT2D eigenvalue weighted by atomic mass is 16.2. The number of urea groups is 1. The summed E-state index contributed by atoms with van der Waals surface area (Å²) in [6, 6.07) is 6.06. The van der Waals surface area contributed by atoms with Gasteiger partial charge >= 0.3 is 6.03 Å². The van der Waals surface area contributed by atoms with Crippen molar-refractivity contribution < 1.29 is 4.79 Å². The lowest BCUT2D eigenvalue weighted by Gasteiger charge is -2.25. The van der Waals surface area contributed by atoms with Crippen LogP contribution in [0, 0.1) is 0 Å². The molecule has 1 aliphatic heterocycles. The number of nitrogens with one attached hydrogen (secondary N) is 1. The van der Waals surface area contributed by atoms with Crippen LogP contribution < -0.4 is 5.32 Å². The average Bonchev–Trinajstić information content (AvgIpc) is 3.23. The third kappa shape index (κ3) is 2.77.